The smallest absolute Gasteiger partial charge is 0.262 e. The summed E-state index contributed by atoms with van der Waals surface area (Å²) < 4.78 is 5.48. The first-order chi connectivity index (χ1) is 11.5. The summed E-state index contributed by atoms with van der Waals surface area (Å²) in [6.07, 6.45) is 1.08. The second kappa shape index (κ2) is 8.29. The second-order valence-electron chi connectivity index (χ2n) is 5.82. The van der Waals surface area contributed by atoms with E-state index in [-0.39, 0.29) is 18.3 Å². The van der Waals surface area contributed by atoms with Crippen molar-refractivity contribution >= 4 is 17.4 Å². The van der Waals surface area contributed by atoms with E-state index in [1.807, 2.05) is 24.3 Å². The Hall–Kier alpha value is -2.62. The molecule has 2 aromatic rings. The van der Waals surface area contributed by atoms with Crippen molar-refractivity contribution in [2.75, 3.05) is 11.9 Å². The van der Waals surface area contributed by atoms with Gasteiger partial charge in [0, 0.05) is 5.69 Å². The minimum atomic E-state index is -0.260. The van der Waals surface area contributed by atoms with Crippen molar-refractivity contribution < 1.29 is 14.3 Å². The van der Waals surface area contributed by atoms with Gasteiger partial charge in [0.15, 0.2) is 12.4 Å². The number of carbonyl (C=O) groups excluding carboxylic acids is 2. The van der Waals surface area contributed by atoms with E-state index in [0.29, 0.717) is 17.2 Å². The third-order valence-electron chi connectivity index (χ3n) is 4.00. The number of carbonyl (C=O) groups is 2. The first-order valence-electron chi connectivity index (χ1n) is 8.13. The van der Waals surface area contributed by atoms with Crippen LogP contribution in [0.2, 0.25) is 0 Å². The van der Waals surface area contributed by atoms with Crippen molar-refractivity contribution in [3.8, 4) is 5.75 Å². The van der Waals surface area contributed by atoms with E-state index in [4.69, 9.17) is 4.74 Å². The molecule has 0 aromatic heterocycles. The summed E-state index contributed by atoms with van der Waals surface area (Å²) in [7, 11) is 0. The maximum atomic E-state index is 12.0. The van der Waals surface area contributed by atoms with Gasteiger partial charge in [-0.05, 0) is 49.1 Å². The number of rotatable bonds is 7. The topological polar surface area (TPSA) is 55.4 Å². The highest BCUT2D eigenvalue weighted by molar-refractivity contribution is 5.97. The molecule has 2 rings (SSSR count). The monoisotopic (exact) mass is 325 g/mol. The van der Waals surface area contributed by atoms with Crippen molar-refractivity contribution in [2.45, 2.75) is 33.1 Å². The molecule has 2 aromatic carbocycles. The van der Waals surface area contributed by atoms with Crippen LogP contribution in [0.5, 0.6) is 5.75 Å². The Bertz CT molecular complexity index is 707. The van der Waals surface area contributed by atoms with Crippen LogP contribution in [-0.4, -0.2) is 18.3 Å². The largest absolute Gasteiger partial charge is 0.483 e. The molecule has 0 aliphatic carbocycles. The van der Waals surface area contributed by atoms with E-state index in [9.17, 15) is 9.59 Å². The minimum Gasteiger partial charge on any atom is -0.483 e. The zero-order valence-corrected chi connectivity index (χ0v) is 14.3. The summed E-state index contributed by atoms with van der Waals surface area (Å²) in [4.78, 5) is 23.6. The zero-order chi connectivity index (χ0) is 17.5. The quantitative estimate of drug-likeness (QED) is 0.767. The lowest BCUT2D eigenvalue weighted by atomic mass is 9.99. The van der Waals surface area contributed by atoms with Gasteiger partial charge in [0.25, 0.3) is 5.91 Å². The van der Waals surface area contributed by atoms with Gasteiger partial charge in [-0.2, -0.15) is 0 Å². The van der Waals surface area contributed by atoms with Gasteiger partial charge in [-0.25, -0.2) is 0 Å². The normalized spacial score (nSPS) is 11.6. The van der Waals surface area contributed by atoms with Crippen LogP contribution in [0.4, 0.5) is 5.69 Å². The molecule has 0 aliphatic heterocycles. The molecule has 24 heavy (non-hydrogen) atoms. The molecule has 1 unspecified atom stereocenters. The van der Waals surface area contributed by atoms with E-state index in [1.165, 1.54) is 12.5 Å². The predicted molar refractivity (Wildman–Crippen MR) is 95.7 cm³/mol. The van der Waals surface area contributed by atoms with Gasteiger partial charge in [0.2, 0.25) is 0 Å². The van der Waals surface area contributed by atoms with Gasteiger partial charge < -0.3 is 10.1 Å². The first kappa shape index (κ1) is 17.7. The summed E-state index contributed by atoms with van der Waals surface area (Å²) in [5, 5.41) is 2.80. The summed E-state index contributed by atoms with van der Waals surface area (Å²) in [6.45, 7) is 5.66. The maximum absolute atomic E-state index is 12.0. The van der Waals surface area contributed by atoms with Crippen molar-refractivity contribution in [3.05, 3.63) is 59.7 Å². The fraction of sp³-hybridized carbons (Fsp3) is 0.300. The van der Waals surface area contributed by atoms with Crippen LogP contribution in [0, 0.1) is 0 Å². The molecule has 1 amide bonds. The lowest BCUT2D eigenvalue weighted by Gasteiger charge is -2.12. The number of hydrogen-bond donors (Lipinski definition) is 1. The number of ether oxygens (including phenoxy) is 1. The molecular formula is C20H23NO3. The first-order valence-corrected chi connectivity index (χ1v) is 8.13. The third kappa shape index (κ3) is 4.69. The Labute approximate surface area is 142 Å². The van der Waals surface area contributed by atoms with Crippen LogP contribution in [-0.2, 0) is 4.79 Å². The van der Waals surface area contributed by atoms with Crippen LogP contribution in [0.3, 0.4) is 0 Å². The van der Waals surface area contributed by atoms with Crippen LogP contribution in [0.25, 0.3) is 0 Å². The molecule has 0 aliphatic rings. The number of para-hydroxylation sites is 1. The zero-order valence-electron chi connectivity index (χ0n) is 14.3. The minimum absolute atomic E-state index is 0.0911. The number of Topliss-reactive ketones (excluding diaryl/α,β-unsaturated/α-hetero) is 1. The van der Waals surface area contributed by atoms with Gasteiger partial charge in [-0.15, -0.1) is 0 Å². The summed E-state index contributed by atoms with van der Waals surface area (Å²) in [6, 6.07) is 14.7. The van der Waals surface area contributed by atoms with Crippen molar-refractivity contribution in [1.29, 1.82) is 0 Å². The fourth-order valence-electron chi connectivity index (χ4n) is 2.35. The number of anilines is 1. The van der Waals surface area contributed by atoms with E-state index >= 15 is 0 Å². The molecule has 1 atom stereocenters. The molecule has 0 radical (unpaired) electrons. The van der Waals surface area contributed by atoms with Gasteiger partial charge in [-0.1, -0.05) is 38.1 Å². The van der Waals surface area contributed by atoms with Crippen LogP contribution in [0.1, 0.15) is 49.0 Å². The molecule has 1 N–H and O–H groups in total. The molecule has 0 saturated heterocycles. The Morgan fingerprint density at radius 2 is 1.75 bits per heavy atom. The summed E-state index contributed by atoms with van der Waals surface area (Å²) in [5.41, 5.74) is 2.46. The van der Waals surface area contributed by atoms with Crippen LogP contribution < -0.4 is 10.1 Å². The van der Waals surface area contributed by atoms with Crippen molar-refractivity contribution in [1.82, 2.24) is 0 Å². The second-order valence-corrected chi connectivity index (χ2v) is 5.82. The van der Waals surface area contributed by atoms with E-state index < -0.39 is 0 Å². The number of amides is 1. The van der Waals surface area contributed by atoms with E-state index in [2.05, 4.69) is 19.2 Å². The third-order valence-corrected chi connectivity index (χ3v) is 4.00. The van der Waals surface area contributed by atoms with Crippen LogP contribution in [0.15, 0.2) is 48.5 Å². The Morgan fingerprint density at radius 1 is 1.08 bits per heavy atom. The highest BCUT2D eigenvalue weighted by Crippen LogP contribution is 2.21. The van der Waals surface area contributed by atoms with E-state index in [1.54, 1.807) is 24.3 Å². The highest BCUT2D eigenvalue weighted by atomic mass is 16.5. The molecule has 0 spiro atoms. The average molecular weight is 325 g/mol. The average Bonchev–Trinajstić information content (AvgIpc) is 2.60. The van der Waals surface area contributed by atoms with E-state index in [0.717, 1.165) is 12.1 Å². The maximum Gasteiger partial charge on any atom is 0.262 e. The number of benzene rings is 2. The molecule has 126 valence electrons. The Morgan fingerprint density at radius 3 is 2.38 bits per heavy atom. The molecule has 0 saturated carbocycles. The molecule has 0 bridgehead atoms. The molecule has 0 fully saturated rings. The SMILES string of the molecule is CCC(C)c1ccc(NC(=O)COc2ccccc2C(C)=O)cc1. The van der Waals surface area contributed by atoms with Gasteiger partial charge >= 0.3 is 0 Å². The number of nitrogens with one attached hydrogen (secondary N) is 1. The predicted octanol–water partition coefficient (Wildman–Crippen LogP) is 4.42. The number of ketones is 1. The lowest BCUT2D eigenvalue weighted by Crippen LogP contribution is -2.20. The molecule has 0 heterocycles. The molecular weight excluding hydrogens is 302 g/mol. The standard InChI is InChI=1S/C20H23NO3/c1-4-14(2)16-9-11-17(12-10-16)21-20(23)13-24-19-8-6-5-7-18(19)15(3)22/h5-12,14H,4,13H2,1-3H3,(H,21,23). The highest BCUT2D eigenvalue weighted by Gasteiger charge is 2.10. The lowest BCUT2D eigenvalue weighted by molar-refractivity contribution is -0.118. The van der Waals surface area contributed by atoms with Crippen LogP contribution >= 0.6 is 0 Å². The van der Waals surface area contributed by atoms with Gasteiger partial charge in [0.1, 0.15) is 5.75 Å². The fourth-order valence-corrected chi connectivity index (χ4v) is 2.35. The Balaban J connectivity index is 1.93. The molecule has 4 nitrogen and oxygen atoms in total. The number of hydrogen-bond acceptors (Lipinski definition) is 3. The van der Waals surface area contributed by atoms with Crippen molar-refractivity contribution in [2.24, 2.45) is 0 Å². The Kier molecular flexibility index (Phi) is 6.13. The van der Waals surface area contributed by atoms with Gasteiger partial charge in [0.05, 0.1) is 5.56 Å². The van der Waals surface area contributed by atoms with Gasteiger partial charge in [-0.3, -0.25) is 9.59 Å². The summed E-state index contributed by atoms with van der Waals surface area (Å²) >= 11 is 0. The summed E-state index contributed by atoms with van der Waals surface area (Å²) in [5.74, 6) is 0.574. The van der Waals surface area contributed by atoms with Crippen molar-refractivity contribution in [3.63, 3.8) is 0 Å². The molecule has 4 heteroatoms.